The molecule has 1 aliphatic rings. The zero-order valence-electron chi connectivity index (χ0n) is 12.5. The molecule has 0 spiro atoms. The van der Waals surface area contributed by atoms with Crippen molar-refractivity contribution in [1.29, 1.82) is 0 Å². The normalized spacial score (nSPS) is 21.0. The van der Waals surface area contributed by atoms with E-state index in [4.69, 9.17) is 16.1 Å². The summed E-state index contributed by atoms with van der Waals surface area (Å²) in [5.74, 6) is 0.778. The lowest BCUT2D eigenvalue weighted by atomic mass is 9.83. The molecule has 0 radical (unpaired) electrons. The van der Waals surface area contributed by atoms with Gasteiger partial charge in [-0.15, -0.1) is 0 Å². The highest BCUT2D eigenvalue weighted by molar-refractivity contribution is 6.31. The quantitative estimate of drug-likeness (QED) is 0.773. The van der Waals surface area contributed by atoms with E-state index in [1.807, 2.05) is 31.2 Å². The third kappa shape index (κ3) is 2.13. The van der Waals surface area contributed by atoms with Crippen molar-refractivity contribution in [3.8, 4) is 11.5 Å². The highest BCUT2D eigenvalue weighted by atomic mass is 35.5. The van der Waals surface area contributed by atoms with E-state index in [2.05, 4.69) is 20.4 Å². The van der Waals surface area contributed by atoms with E-state index in [1.54, 1.807) is 0 Å². The summed E-state index contributed by atoms with van der Waals surface area (Å²) in [4.78, 5) is 19.9. The average molecular weight is 331 g/mol. The standard InChI is InChI=1S/C16H15ClN4O2/c1-2-16(5-6-18-14(16)22)15-20-13(21-23-15)12-8-9-7-10(17)3-4-11(9)19-12/h3-4,7-8,19H,2,5-6H2,1H3,(H,18,22). The number of halogens is 1. The molecule has 0 bridgehead atoms. The first-order valence-electron chi connectivity index (χ1n) is 7.53. The first-order chi connectivity index (χ1) is 11.1. The van der Waals surface area contributed by atoms with Crippen molar-refractivity contribution in [2.45, 2.75) is 25.2 Å². The van der Waals surface area contributed by atoms with Crippen LogP contribution in [0, 0.1) is 0 Å². The number of aromatic amines is 1. The SMILES string of the molecule is CCC1(c2nc(-c3cc4cc(Cl)ccc4[nH]3)no2)CCNC1=O. The fourth-order valence-electron chi connectivity index (χ4n) is 3.12. The molecule has 2 aromatic heterocycles. The van der Waals surface area contributed by atoms with Crippen LogP contribution in [-0.4, -0.2) is 27.6 Å². The first kappa shape index (κ1) is 14.3. The Morgan fingerprint density at radius 3 is 3.00 bits per heavy atom. The predicted octanol–water partition coefficient (Wildman–Crippen LogP) is 3.04. The number of rotatable bonds is 3. The van der Waals surface area contributed by atoms with E-state index in [-0.39, 0.29) is 5.91 Å². The molecule has 23 heavy (non-hydrogen) atoms. The number of fused-ring (bicyclic) bond motifs is 1. The molecular formula is C16H15ClN4O2. The van der Waals surface area contributed by atoms with Gasteiger partial charge in [0.1, 0.15) is 5.41 Å². The lowest BCUT2D eigenvalue weighted by Gasteiger charge is -2.18. The molecule has 0 aliphatic carbocycles. The second-order valence-corrected chi connectivity index (χ2v) is 6.22. The molecule has 2 N–H and O–H groups in total. The summed E-state index contributed by atoms with van der Waals surface area (Å²) >= 11 is 6.01. The zero-order chi connectivity index (χ0) is 16.0. The van der Waals surface area contributed by atoms with Gasteiger partial charge in [-0.1, -0.05) is 23.7 Å². The Kier molecular flexibility index (Phi) is 3.16. The molecule has 1 aliphatic heterocycles. The summed E-state index contributed by atoms with van der Waals surface area (Å²) in [5, 5.41) is 8.54. The molecule has 7 heteroatoms. The Balaban J connectivity index is 1.76. The Bertz CT molecular complexity index is 901. The van der Waals surface area contributed by atoms with E-state index >= 15 is 0 Å². The fourth-order valence-corrected chi connectivity index (χ4v) is 3.30. The van der Waals surface area contributed by atoms with Crippen LogP contribution in [0.2, 0.25) is 5.02 Å². The van der Waals surface area contributed by atoms with E-state index < -0.39 is 5.41 Å². The van der Waals surface area contributed by atoms with Gasteiger partial charge in [0.25, 0.3) is 0 Å². The van der Waals surface area contributed by atoms with Crippen LogP contribution in [0.1, 0.15) is 25.7 Å². The molecule has 118 valence electrons. The van der Waals surface area contributed by atoms with Crippen molar-refractivity contribution in [2.24, 2.45) is 0 Å². The van der Waals surface area contributed by atoms with E-state index in [0.717, 1.165) is 16.6 Å². The summed E-state index contributed by atoms with van der Waals surface area (Å²) in [7, 11) is 0. The molecular weight excluding hydrogens is 316 g/mol. The molecule has 6 nitrogen and oxygen atoms in total. The molecule has 1 saturated heterocycles. The Labute approximate surface area is 137 Å². The second kappa shape index (κ2) is 5.09. The zero-order valence-corrected chi connectivity index (χ0v) is 13.3. The van der Waals surface area contributed by atoms with Crippen molar-refractivity contribution in [2.75, 3.05) is 6.54 Å². The molecule has 1 unspecified atom stereocenters. The highest BCUT2D eigenvalue weighted by Crippen LogP contribution is 2.35. The number of H-pyrrole nitrogens is 1. The Hall–Kier alpha value is -2.34. The summed E-state index contributed by atoms with van der Waals surface area (Å²) in [6, 6.07) is 7.51. The number of carbonyl (C=O) groups is 1. The molecule has 1 atom stereocenters. The molecule has 4 rings (SSSR count). The monoisotopic (exact) mass is 330 g/mol. The average Bonchev–Trinajstić information content (AvgIpc) is 3.23. The van der Waals surface area contributed by atoms with Crippen LogP contribution in [0.25, 0.3) is 22.4 Å². The third-order valence-corrected chi connectivity index (χ3v) is 4.77. The van der Waals surface area contributed by atoms with Crippen molar-refractivity contribution in [1.82, 2.24) is 20.4 Å². The summed E-state index contributed by atoms with van der Waals surface area (Å²) in [6.45, 7) is 2.59. The fraction of sp³-hybridized carbons (Fsp3) is 0.312. The van der Waals surface area contributed by atoms with Gasteiger partial charge in [-0.3, -0.25) is 4.79 Å². The molecule has 1 aromatic carbocycles. The van der Waals surface area contributed by atoms with Gasteiger partial charge in [-0.25, -0.2) is 0 Å². The number of nitrogens with one attached hydrogen (secondary N) is 2. The molecule has 0 saturated carbocycles. The van der Waals surface area contributed by atoms with Gasteiger partial charge in [-0.05, 0) is 37.1 Å². The maximum absolute atomic E-state index is 12.2. The van der Waals surface area contributed by atoms with Gasteiger partial charge in [0.15, 0.2) is 0 Å². The van der Waals surface area contributed by atoms with Gasteiger partial charge < -0.3 is 14.8 Å². The van der Waals surface area contributed by atoms with Crippen LogP contribution in [0.5, 0.6) is 0 Å². The lowest BCUT2D eigenvalue weighted by molar-refractivity contribution is -0.124. The number of hydrogen-bond donors (Lipinski definition) is 2. The van der Waals surface area contributed by atoms with Gasteiger partial charge >= 0.3 is 0 Å². The van der Waals surface area contributed by atoms with Gasteiger partial charge in [0, 0.05) is 22.5 Å². The first-order valence-corrected chi connectivity index (χ1v) is 7.91. The van der Waals surface area contributed by atoms with E-state index in [0.29, 0.717) is 36.1 Å². The third-order valence-electron chi connectivity index (χ3n) is 4.53. The minimum absolute atomic E-state index is 0.0429. The molecule has 1 amide bonds. The van der Waals surface area contributed by atoms with Crippen LogP contribution in [0.4, 0.5) is 0 Å². The largest absolute Gasteiger partial charge is 0.355 e. The maximum Gasteiger partial charge on any atom is 0.242 e. The molecule has 3 heterocycles. The summed E-state index contributed by atoms with van der Waals surface area (Å²) < 4.78 is 5.42. The smallest absolute Gasteiger partial charge is 0.242 e. The molecule has 3 aromatic rings. The number of benzene rings is 1. The predicted molar refractivity (Wildman–Crippen MR) is 86.2 cm³/mol. The number of amides is 1. The van der Waals surface area contributed by atoms with Crippen LogP contribution in [0.15, 0.2) is 28.8 Å². The van der Waals surface area contributed by atoms with Gasteiger partial charge in [0.2, 0.25) is 17.6 Å². The van der Waals surface area contributed by atoms with E-state index in [9.17, 15) is 4.79 Å². The number of hydrogen-bond acceptors (Lipinski definition) is 4. The second-order valence-electron chi connectivity index (χ2n) is 5.78. The van der Waals surface area contributed by atoms with Crippen molar-refractivity contribution < 1.29 is 9.32 Å². The summed E-state index contributed by atoms with van der Waals surface area (Å²) in [5.41, 5.74) is 0.974. The number of nitrogens with zero attached hydrogens (tertiary/aromatic N) is 2. The van der Waals surface area contributed by atoms with E-state index in [1.165, 1.54) is 0 Å². The number of aromatic nitrogens is 3. The van der Waals surface area contributed by atoms with Crippen molar-refractivity contribution in [3.05, 3.63) is 35.2 Å². The lowest BCUT2D eigenvalue weighted by Crippen LogP contribution is -2.35. The highest BCUT2D eigenvalue weighted by Gasteiger charge is 2.47. The molecule has 1 fully saturated rings. The topological polar surface area (TPSA) is 83.8 Å². The van der Waals surface area contributed by atoms with Crippen LogP contribution in [0.3, 0.4) is 0 Å². The van der Waals surface area contributed by atoms with Crippen molar-refractivity contribution >= 4 is 28.4 Å². The van der Waals surface area contributed by atoms with Gasteiger partial charge in [0.05, 0.1) is 5.69 Å². The summed E-state index contributed by atoms with van der Waals surface area (Å²) in [6.07, 6.45) is 1.30. The van der Waals surface area contributed by atoms with Crippen molar-refractivity contribution in [3.63, 3.8) is 0 Å². The Morgan fingerprint density at radius 1 is 1.39 bits per heavy atom. The number of carbonyl (C=O) groups excluding carboxylic acids is 1. The van der Waals surface area contributed by atoms with Crippen LogP contribution in [-0.2, 0) is 10.2 Å². The minimum atomic E-state index is -0.708. The van der Waals surface area contributed by atoms with Crippen LogP contribution >= 0.6 is 11.6 Å². The Morgan fingerprint density at radius 2 is 2.26 bits per heavy atom. The minimum Gasteiger partial charge on any atom is -0.355 e. The van der Waals surface area contributed by atoms with Crippen LogP contribution < -0.4 is 5.32 Å². The maximum atomic E-state index is 12.2. The van der Waals surface area contributed by atoms with Gasteiger partial charge in [-0.2, -0.15) is 4.98 Å².